The van der Waals surface area contributed by atoms with E-state index in [4.69, 9.17) is 9.47 Å². The molecule has 0 saturated heterocycles. The van der Waals surface area contributed by atoms with E-state index in [-0.39, 0.29) is 5.41 Å². The van der Waals surface area contributed by atoms with E-state index in [1.54, 1.807) is 0 Å². The Morgan fingerprint density at radius 3 is 1.80 bits per heavy atom. The van der Waals surface area contributed by atoms with Crippen molar-refractivity contribution in [1.29, 1.82) is 0 Å². The van der Waals surface area contributed by atoms with Gasteiger partial charge in [0.2, 0.25) is 0 Å². The first-order valence-corrected chi connectivity index (χ1v) is 7.15. The Labute approximate surface area is 121 Å². The van der Waals surface area contributed by atoms with Crippen LogP contribution in [0.25, 0.3) is 0 Å². The summed E-state index contributed by atoms with van der Waals surface area (Å²) in [5.74, 6) is -1.18. The van der Waals surface area contributed by atoms with Crippen LogP contribution in [0.5, 0.6) is 0 Å². The van der Waals surface area contributed by atoms with Crippen molar-refractivity contribution in [3.8, 4) is 0 Å². The summed E-state index contributed by atoms with van der Waals surface area (Å²) in [4.78, 5) is 23.0. The van der Waals surface area contributed by atoms with Crippen LogP contribution in [0, 0.1) is 5.41 Å². The van der Waals surface area contributed by atoms with Crippen LogP contribution in [-0.4, -0.2) is 18.2 Å². The summed E-state index contributed by atoms with van der Waals surface area (Å²) in [6.45, 7) is 12.9. The van der Waals surface area contributed by atoms with E-state index >= 15 is 0 Å². The number of hydrogen-bond donors (Lipinski definition) is 0. The number of unbranched alkanes of at least 4 members (excludes halogenated alkanes) is 1. The molecule has 0 unspecified atom stereocenters. The first-order chi connectivity index (χ1) is 9.49. The molecule has 0 amide bonds. The van der Waals surface area contributed by atoms with Crippen LogP contribution in [0.15, 0.2) is 25.3 Å². The van der Waals surface area contributed by atoms with Gasteiger partial charge in [-0.2, -0.15) is 0 Å². The second kappa shape index (κ2) is 9.34. The zero-order valence-electron chi connectivity index (χ0n) is 12.8. The molecule has 0 aliphatic heterocycles. The van der Waals surface area contributed by atoms with E-state index in [2.05, 4.69) is 20.1 Å². The molecule has 114 valence electrons. The molecule has 0 rings (SSSR count). The summed E-state index contributed by atoms with van der Waals surface area (Å²) < 4.78 is 10.5. The van der Waals surface area contributed by atoms with Crippen LogP contribution in [0.2, 0.25) is 0 Å². The van der Waals surface area contributed by atoms with Gasteiger partial charge in [-0.1, -0.05) is 46.8 Å². The smallest absolute Gasteiger partial charge is 0.333 e. The number of hydrogen-bond acceptors (Lipinski definition) is 4. The summed E-state index contributed by atoms with van der Waals surface area (Å²) >= 11 is 0. The number of ether oxygens (including phenoxy) is 2. The third kappa shape index (κ3) is 5.19. The average molecular weight is 282 g/mol. The molecule has 0 saturated carbocycles. The predicted molar refractivity (Wildman–Crippen MR) is 78.9 cm³/mol. The first-order valence-electron chi connectivity index (χ1n) is 7.15. The van der Waals surface area contributed by atoms with Gasteiger partial charge in [0.1, 0.15) is 0 Å². The zero-order chi connectivity index (χ0) is 15.6. The highest BCUT2D eigenvalue weighted by molar-refractivity contribution is 5.83. The maximum Gasteiger partial charge on any atom is 0.333 e. The van der Waals surface area contributed by atoms with E-state index in [0.717, 1.165) is 44.3 Å². The summed E-state index contributed by atoms with van der Waals surface area (Å²) in [7, 11) is 0. The van der Waals surface area contributed by atoms with Gasteiger partial charge >= 0.3 is 11.9 Å². The fraction of sp³-hybridized carbons (Fsp3) is 0.625. The second-order valence-corrected chi connectivity index (χ2v) is 4.79. The normalized spacial score (nSPS) is 11.0. The molecule has 0 N–H and O–H groups in total. The van der Waals surface area contributed by atoms with E-state index < -0.39 is 18.2 Å². The molecule has 0 aromatic rings. The largest absolute Gasteiger partial charge is 0.421 e. The molecule has 0 aromatic carbocycles. The van der Waals surface area contributed by atoms with Crippen LogP contribution in [0.3, 0.4) is 0 Å². The van der Waals surface area contributed by atoms with Crippen molar-refractivity contribution >= 4 is 11.9 Å². The van der Waals surface area contributed by atoms with Crippen molar-refractivity contribution in [1.82, 2.24) is 0 Å². The van der Waals surface area contributed by atoms with Crippen molar-refractivity contribution in [3.63, 3.8) is 0 Å². The van der Waals surface area contributed by atoms with Crippen molar-refractivity contribution in [2.75, 3.05) is 0 Å². The minimum absolute atomic E-state index is 0.368. The van der Waals surface area contributed by atoms with Gasteiger partial charge in [0.05, 0.1) is 0 Å². The molecule has 0 bridgehead atoms. The van der Waals surface area contributed by atoms with Gasteiger partial charge in [0, 0.05) is 17.6 Å². The Morgan fingerprint density at radius 2 is 1.50 bits per heavy atom. The Kier molecular flexibility index (Phi) is 8.61. The van der Waals surface area contributed by atoms with Gasteiger partial charge in [-0.25, -0.2) is 9.59 Å². The highest BCUT2D eigenvalue weighted by Crippen LogP contribution is 2.39. The third-order valence-corrected chi connectivity index (χ3v) is 3.72. The standard InChI is InChI=1S/C16H26O4/c1-6-11-12-16(9-4,10-5)15(19-13(17)7-2)20-14(18)8-3/h7-8,15H,2-3,6,9-12H2,1,4-5H3. The number of carbonyl (C=O) groups is 2. The average Bonchev–Trinajstić information content (AvgIpc) is 2.48. The van der Waals surface area contributed by atoms with Gasteiger partial charge in [-0.05, 0) is 19.3 Å². The molecule has 0 radical (unpaired) electrons. The van der Waals surface area contributed by atoms with E-state index in [0.29, 0.717) is 0 Å². The lowest BCUT2D eigenvalue weighted by Gasteiger charge is -2.37. The highest BCUT2D eigenvalue weighted by Gasteiger charge is 2.40. The first kappa shape index (κ1) is 18.4. The molecule has 0 fully saturated rings. The molecule has 0 atom stereocenters. The van der Waals surface area contributed by atoms with Crippen molar-refractivity contribution < 1.29 is 19.1 Å². The third-order valence-electron chi connectivity index (χ3n) is 3.72. The molecule has 20 heavy (non-hydrogen) atoms. The molecule has 0 aliphatic carbocycles. The van der Waals surface area contributed by atoms with Crippen LogP contribution in [0.4, 0.5) is 0 Å². The van der Waals surface area contributed by atoms with Gasteiger partial charge in [0.25, 0.3) is 6.29 Å². The summed E-state index contributed by atoms with van der Waals surface area (Å²) in [6, 6.07) is 0. The van der Waals surface area contributed by atoms with Crippen LogP contribution < -0.4 is 0 Å². The minimum Gasteiger partial charge on any atom is -0.421 e. The van der Waals surface area contributed by atoms with Gasteiger partial charge in [-0.15, -0.1) is 0 Å². The molecular formula is C16H26O4. The molecule has 0 heterocycles. The molecule has 4 nitrogen and oxygen atoms in total. The van der Waals surface area contributed by atoms with Crippen LogP contribution in [-0.2, 0) is 19.1 Å². The topological polar surface area (TPSA) is 52.6 Å². The fourth-order valence-electron chi connectivity index (χ4n) is 2.16. The molecule has 0 aliphatic rings. The van der Waals surface area contributed by atoms with E-state index in [1.807, 2.05) is 13.8 Å². The van der Waals surface area contributed by atoms with Crippen molar-refractivity contribution in [3.05, 3.63) is 25.3 Å². The minimum atomic E-state index is -0.903. The second-order valence-electron chi connectivity index (χ2n) is 4.79. The summed E-state index contributed by atoms with van der Waals surface area (Å²) in [5, 5.41) is 0. The lowest BCUT2D eigenvalue weighted by atomic mass is 9.77. The molecule has 4 heteroatoms. The van der Waals surface area contributed by atoms with Gasteiger partial charge < -0.3 is 9.47 Å². The molecule has 0 aromatic heterocycles. The molecule has 0 spiro atoms. The van der Waals surface area contributed by atoms with E-state index in [1.165, 1.54) is 0 Å². The lowest BCUT2D eigenvalue weighted by Crippen LogP contribution is -2.41. The maximum atomic E-state index is 11.5. The predicted octanol–water partition coefficient (Wildman–Crippen LogP) is 3.77. The van der Waals surface area contributed by atoms with Crippen LogP contribution in [0.1, 0.15) is 52.9 Å². The maximum absolute atomic E-state index is 11.5. The Hall–Kier alpha value is -1.58. The van der Waals surface area contributed by atoms with Crippen LogP contribution >= 0.6 is 0 Å². The SMILES string of the molecule is C=CC(=O)OC(OC(=O)C=C)C(CC)(CC)CCCC. The van der Waals surface area contributed by atoms with Crippen molar-refractivity contribution in [2.45, 2.75) is 59.2 Å². The monoisotopic (exact) mass is 282 g/mol. The molecular weight excluding hydrogens is 256 g/mol. The summed E-state index contributed by atoms with van der Waals surface area (Å²) in [5.41, 5.74) is -0.368. The van der Waals surface area contributed by atoms with E-state index in [9.17, 15) is 9.59 Å². The number of rotatable bonds is 10. The zero-order valence-corrected chi connectivity index (χ0v) is 12.8. The quantitative estimate of drug-likeness (QED) is 0.348. The summed E-state index contributed by atoms with van der Waals surface area (Å²) in [6.07, 6.45) is 5.59. The van der Waals surface area contributed by atoms with Gasteiger partial charge in [0.15, 0.2) is 0 Å². The number of esters is 2. The Bertz CT molecular complexity index is 320. The van der Waals surface area contributed by atoms with Crippen molar-refractivity contribution in [2.24, 2.45) is 5.41 Å². The lowest BCUT2D eigenvalue weighted by molar-refractivity contribution is -0.210. The Balaban J connectivity index is 5.25. The fourth-order valence-corrected chi connectivity index (χ4v) is 2.16. The highest BCUT2D eigenvalue weighted by atomic mass is 16.7. The van der Waals surface area contributed by atoms with Gasteiger partial charge in [-0.3, -0.25) is 0 Å². The number of carbonyl (C=O) groups excluding carboxylic acids is 2. The Morgan fingerprint density at radius 1 is 1.05 bits per heavy atom.